The first kappa shape index (κ1) is 17.0. The van der Waals surface area contributed by atoms with E-state index in [-0.39, 0.29) is 11.8 Å². The van der Waals surface area contributed by atoms with E-state index in [1.807, 2.05) is 42.7 Å². The Balaban J connectivity index is 2.48. The van der Waals surface area contributed by atoms with E-state index in [4.69, 9.17) is 9.84 Å². The molecular formula is C17H22N2O4. The minimum absolute atomic E-state index is 0.240. The highest BCUT2D eigenvalue weighted by Crippen LogP contribution is 2.21. The summed E-state index contributed by atoms with van der Waals surface area (Å²) in [5.41, 5.74) is 1.52. The Bertz CT molecular complexity index is 793. The van der Waals surface area contributed by atoms with E-state index in [1.165, 1.54) is 0 Å². The van der Waals surface area contributed by atoms with Crippen LogP contribution in [0.25, 0.3) is 10.9 Å². The number of pyridine rings is 1. The summed E-state index contributed by atoms with van der Waals surface area (Å²) < 4.78 is 7.51. The Morgan fingerprint density at radius 3 is 2.65 bits per heavy atom. The molecule has 0 fully saturated rings. The van der Waals surface area contributed by atoms with Crippen molar-refractivity contribution in [3.8, 4) is 5.75 Å². The van der Waals surface area contributed by atoms with Gasteiger partial charge in [-0.05, 0) is 39.2 Å². The van der Waals surface area contributed by atoms with Crippen LogP contribution in [0.5, 0.6) is 5.75 Å². The van der Waals surface area contributed by atoms with E-state index in [0.29, 0.717) is 29.0 Å². The van der Waals surface area contributed by atoms with E-state index in [2.05, 4.69) is 0 Å². The highest BCUT2D eigenvalue weighted by Gasteiger charge is 2.15. The lowest BCUT2D eigenvalue weighted by Gasteiger charge is -2.15. The van der Waals surface area contributed by atoms with Gasteiger partial charge in [-0.1, -0.05) is 0 Å². The Labute approximate surface area is 134 Å². The van der Waals surface area contributed by atoms with Gasteiger partial charge in [0.05, 0.1) is 11.9 Å². The fourth-order valence-electron chi connectivity index (χ4n) is 2.49. The monoisotopic (exact) mass is 318 g/mol. The molecule has 2 aromatic rings. The molecule has 23 heavy (non-hydrogen) atoms. The Morgan fingerprint density at radius 1 is 1.35 bits per heavy atom. The molecule has 124 valence electrons. The summed E-state index contributed by atoms with van der Waals surface area (Å²) in [4.78, 5) is 25.7. The maximum atomic E-state index is 12.6. The van der Waals surface area contributed by atoms with Crippen LogP contribution >= 0.6 is 0 Å². The third-order valence-electron chi connectivity index (χ3n) is 3.92. The number of ether oxygens (including phenoxy) is 1. The van der Waals surface area contributed by atoms with Gasteiger partial charge in [0.2, 0.25) is 0 Å². The first-order valence-electron chi connectivity index (χ1n) is 7.42. The minimum Gasteiger partial charge on any atom is -0.492 e. The molecule has 0 bridgehead atoms. The number of benzene rings is 1. The van der Waals surface area contributed by atoms with Gasteiger partial charge in [-0.2, -0.15) is 0 Å². The molecular weight excluding hydrogens is 296 g/mol. The molecule has 0 aliphatic rings. The summed E-state index contributed by atoms with van der Waals surface area (Å²) in [5.74, 6) is -0.399. The number of rotatable bonds is 6. The Kier molecular flexibility index (Phi) is 5.05. The number of carboxylic acids is 1. The van der Waals surface area contributed by atoms with Crippen molar-refractivity contribution in [3.05, 3.63) is 39.7 Å². The fourth-order valence-corrected chi connectivity index (χ4v) is 2.49. The molecule has 0 aliphatic carbocycles. The van der Waals surface area contributed by atoms with Gasteiger partial charge in [-0.25, -0.2) is 0 Å². The summed E-state index contributed by atoms with van der Waals surface area (Å²) in [7, 11) is 5.75. The summed E-state index contributed by atoms with van der Waals surface area (Å²) in [6.07, 6.45) is -0.278. The predicted molar refractivity (Wildman–Crippen MR) is 89.3 cm³/mol. The fraction of sp³-hybridized carbons (Fsp3) is 0.412. The van der Waals surface area contributed by atoms with Crippen LogP contribution in [-0.4, -0.2) is 47.8 Å². The van der Waals surface area contributed by atoms with Crippen LogP contribution in [-0.2, 0) is 18.3 Å². The number of hydrogen-bond acceptors (Lipinski definition) is 4. The summed E-state index contributed by atoms with van der Waals surface area (Å²) >= 11 is 0. The van der Waals surface area contributed by atoms with E-state index < -0.39 is 5.97 Å². The second-order valence-electron chi connectivity index (χ2n) is 5.85. The Morgan fingerprint density at radius 2 is 2.04 bits per heavy atom. The van der Waals surface area contributed by atoms with Crippen molar-refractivity contribution in [1.29, 1.82) is 0 Å². The molecule has 2 rings (SSSR count). The maximum Gasteiger partial charge on any atom is 0.308 e. The average Bonchev–Trinajstić information content (AvgIpc) is 2.48. The highest BCUT2D eigenvalue weighted by atomic mass is 16.5. The predicted octanol–water partition coefficient (Wildman–Crippen LogP) is 1.41. The van der Waals surface area contributed by atoms with Crippen molar-refractivity contribution in [3.63, 3.8) is 0 Å². The molecule has 0 amide bonds. The summed E-state index contributed by atoms with van der Waals surface area (Å²) in [6.45, 7) is 3.06. The van der Waals surface area contributed by atoms with Gasteiger partial charge in [0.1, 0.15) is 12.4 Å². The topological polar surface area (TPSA) is 71.8 Å². The normalized spacial score (nSPS) is 11.2. The van der Waals surface area contributed by atoms with Crippen molar-refractivity contribution >= 4 is 16.9 Å². The lowest BCUT2D eigenvalue weighted by molar-refractivity contribution is -0.136. The molecule has 0 unspecified atom stereocenters. The third kappa shape index (κ3) is 3.71. The molecule has 6 heteroatoms. The third-order valence-corrected chi connectivity index (χ3v) is 3.92. The van der Waals surface area contributed by atoms with Gasteiger partial charge in [-0.15, -0.1) is 0 Å². The van der Waals surface area contributed by atoms with Crippen molar-refractivity contribution in [2.24, 2.45) is 7.05 Å². The average molecular weight is 318 g/mol. The van der Waals surface area contributed by atoms with Gasteiger partial charge >= 0.3 is 5.97 Å². The van der Waals surface area contributed by atoms with Crippen molar-refractivity contribution < 1.29 is 14.6 Å². The zero-order valence-corrected chi connectivity index (χ0v) is 13.9. The number of carboxylic acid groups (broad SMARTS) is 1. The first-order valence-corrected chi connectivity index (χ1v) is 7.42. The SMILES string of the molecule is Cc1c(CC(=O)O)c(=O)c2cc(OCCN(C)C)ccc2n1C. The largest absolute Gasteiger partial charge is 0.492 e. The van der Waals surface area contributed by atoms with Crippen LogP contribution in [0, 0.1) is 6.92 Å². The second-order valence-corrected chi connectivity index (χ2v) is 5.85. The van der Waals surface area contributed by atoms with Gasteiger partial charge in [0.25, 0.3) is 0 Å². The standard InChI is InChI=1S/C17H22N2O4/c1-11-13(10-16(20)21)17(22)14-9-12(23-8-7-18(2)3)5-6-15(14)19(11)4/h5-6,9H,7-8,10H2,1-4H3,(H,20,21). The number of fused-ring (bicyclic) bond motifs is 1. The van der Waals surface area contributed by atoms with Crippen LogP contribution in [0.15, 0.2) is 23.0 Å². The summed E-state index contributed by atoms with van der Waals surface area (Å²) in [5, 5.41) is 9.51. The number of hydrogen-bond donors (Lipinski definition) is 1. The minimum atomic E-state index is -1.01. The van der Waals surface area contributed by atoms with Gasteiger partial charge in [0.15, 0.2) is 5.43 Å². The molecule has 0 saturated heterocycles. The first-order chi connectivity index (χ1) is 10.8. The zero-order chi connectivity index (χ0) is 17.1. The van der Waals surface area contributed by atoms with Crippen molar-refractivity contribution in [2.75, 3.05) is 27.2 Å². The van der Waals surface area contributed by atoms with Crippen LogP contribution in [0.3, 0.4) is 0 Å². The number of likely N-dealkylation sites (N-methyl/N-ethyl adjacent to an activating group) is 1. The van der Waals surface area contributed by atoms with E-state index >= 15 is 0 Å². The van der Waals surface area contributed by atoms with Crippen LogP contribution in [0.4, 0.5) is 0 Å². The summed E-state index contributed by atoms with van der Waals surface area (Å²) in [6, 6.07) is 5.35. The number of carbonyl (C=O) groups is 1. The van der Waals surface area contributed by atoms with E-state index in [9.17, 15) is 9.59 Å². The highest BCUT2D eigenvalue weighted by molar-refractivity contribution is 5.83. The molecule has 0 radical (unpaired) electrons. The molecule has 1 aromatic heterocycles. The van der Waals surface area contributed by atoms with Gasteiger partial charge in [0, 0.05) is 30.2 Å². The van der Waals surface area contributed by atoms with E-state index in [1.54, 1.807) is 13.0 Å². The zero-order valence-electron chi connectivity index (χ0n) is 13.9. The molecule has 0 saturated carbocycles. The maximum absolute atomic E-state index is 12.6. The van der Waals surface area contributed by atoms with Crippen LogP contribution < -0.4 is 10.2 Å². The quantitative estimate of drug-likeness (QED) is 0.872. The molecule has 6 nitrogen and oxygen atoms in total. The molecule has 1 aromatic carbocycles. The van der Waals surface area contributed by atoms with E-state index in [0.717, 1.165) is 12.1 Å². The number of aliphatic carboxylic acids is 1. The number of nitrogens with zero attached hydrogens (tertiary/aromatic N) is 2. The van der Waals surface area contributed by atoms with Crippen LogP contribution in [0.1, 0.15) is 11.3 Å². The lowest BCUT2D eigenvalue weighted by Crippen LogP contribution is -2.21. The second kappa shape index (κ2) is 6.83. The lowest BCUT2D eigenvalue weighted by atomic mass is 10.1. The number of aromatic nitrogens is 1. The van der Waals surface area contributed by atoms with Gasteiger partial charge < -0.3 is 19.3 Å². The molecule has 1 heterocycles. The molecule has 0 aliphatic heterocycles. The van der Waals surface area contributed by atoms with Crippen molar-refractivity contribution in [1.82, 2.24) is 9.47 Å². The molecule has 0 atom stereocenters. The van der Waals surface area contributed by atoms with Crippen molar-refractivity contribution in [2.45, 2.75) is 13.3 Å². The van der Waals surface area contributed by atoms with Crippen LogP contribution in [0.2, 0.25) is 0 Å². The smallest absolute Gasteiger partial charge is 0.308 e. The number of aryl methyl sites for hydroxylation is 1. The molecule has 0 spiro atoms. The van der Waals surface area contributed by atoms with Gasteiger partial charge in [-0.3, -0.25) is 9.59 Å². The molecule has 1 N–H and O–H groups in total. The Hall–Kier alpha value is -2.34.